The van der Waals surface area contributed by atoms with E-state index in [2.05, 4.69) is 24.0 Å². The Kier molecular flexibility index (Phi) is 3.70. The standard InChI is InChI=1S/C11H19NO/c1-9(12(2)3)11(13)10-7-5-4-6-8-10/h4-7,9-11,13H,8H2,1-3H3/t9-,10+,11+/m0/s1. The molecule has 1 aliphatic rings. The number of hydrogen-bond donors (Lipinski definition) is 1. The Hall–Kier alpha value is -0.600. The molecule has 13 heavy (non-hydrogen) atoms. The highest BCUT2D eigenvalue weighted by molar-refractivity contribution is 5.12. The average Bonchev–Trinajstić information content (AvgIpc) is 2.17. The van der Waals surface area contributed by atoms with Crippen molar-refractivity contribution < 1.29 is 5.11 Å². The molecule has 0 heterocycles. The third-order valence-corrected chi connectivity index (χ3v) is 2.76. The van der Waals surface area contributed by atoms with Crippen molar-refractivity contribution in [2.45, 2.75) is 25.5 Å². The van der Waals surface area contributed by atoms with Crippen molar-refractivity contribution in [3.8, 4) is 0 Å². The number of likely N-dealkylation sites (N-methyl/N-ethyl adjacent to an activating group) is 1. The molecular weight excluding hydrogens is 162 g/mol. The number of allylic oxidation sites excluding steroid dienone is 3. The summed E-state index contributed by atoms with van der Waals surface area (Å²) in [6, 6.07) is 0.209. The lowest BCUT2D eigenvalue weighted by atomic mass is 9.90. The summed E-state index contributed by atoms with van der Waals surface area (Å²) in [6.07, 6.45) is 8.93. The van der Waals surface area contributed by atoms with E-state index in [-0.39, 0.29) is 18.1 Å². The molecule has 0 bridgehead atoms. The second-order valence-corrected chi connectivity index (χ2v) is 3.91. The van der Waals surface area contributed by atoms with Gasteiger partial charge in [-0.25, -0.2) is 0 Å². The van der Waals surface area contributed by atoms with Crippen LogP contribution in [0.5, 0.6) is 0 Å². The van der Waals surface area contributed by atoms with Crippen LogP contribution in [-0.2, 0) is 0 Å². The van der Waals surface area contributed by atoms with Crippen LogP contribution < -0.4 is 0 Å². The number of aliphatic hydroxyl groups excluding tert-OH is 1. The lowest BCUT2D eigenvalue weighted by molar-refractivity contribution is 0.0533. The van der Waals surface area contributed by atoms with E-state index in [1.807, 2.05) is 26.2 Å². The summed E-state index contributed by atoms with van der Waals surface area (Å²) in [6.45, 7) is 2.05. The second kappa shape index (κ2) is 4.58. The van der Waals surface area contributed by atoms with Gasteiger partial charge < -0.3 is 10.0 Å². The Morgan fingerprint density at radius 3 is 2.54 bits per heavy atom. The van der Waals surface area contributed by atoms with Gasteiger partial charge in [-0.1, -0.05) is 24.3 Å². The fourth-order valence-corrected chi connectivity index (χ4v) is 1.52. The number of rotatable bonds is 3. The molecule has 0 spiro atoms. The predicted octanol–water partition coefficient (Wildman–Crippen LogP) is 1.43. The molecule has 0 saturated carbocycles. The van der Waals surface area contributed by atoms with E-state index >= 15 is 0 Å². The van der Waals surface area contributed by atoms with Gasteiger partial charge in [-0.05, 0) is 27.4 Å². The third-order valence-electron chi connectivity index (χ3n) is 2.76. The SMILES string of the molecule is C[C@@H]([C@@H](O)[C@@H]1C=CC=CC1)N(C)C. The fourth-order valence-electron chi connectivity index (χ4n) is 1.52. The monoisotopic (exact) mass is 181 g/mol. The van der Waals surface area contributed by atoms with E-state index in [4.69, 9.17) is 0 Å². The van der Waals surface area contributed by atoms with E-state index in [1.54, 1.807) is 0 Å². The Morgan fingerprint density at radius 1 is 1.38 bits per heavy atom. The molecule has 1 rings (SSSR count). The van der Waals surface area contributed by atoms with Gasteiger partial charge in [-0.3, -0.25) is 0 Å². The molecule has 2 heteroatoms. The molecule has 0 amide bonds. The Labute approximate surface area is 80.6 Å². The Morgan fingerprint density at radius 2 is 2.08 bits per heavy atom. The molecule has 0 aromatic heterocycles. The molecule has 0 aromatic carbocycles. The smallest absolute Gasteiger partial charge is 0.0757 e. The van der Waals surface area contributed by atoms with Gasteiger partial charge in [0.1, 0.15) is 0 Å². The maximum Gasteiger partial charge on any atom is 0.0757 e. The van der Waals surface area contributed by atoms with Gasteiger partial charge in [0.2, 0.25) is 0 Å². The Balaban J connectivity index is 2.51. The molecule has 1 aliphatic carbocycles. The van der Waals surface area contributed by atoms with Crippen LogP contribution >= 0.6 is 0 Å². The molecular formula is C11H19NO. The molecule has 2 nitrogen and oxygen atoms in total. The first-order chi connectivity index (χ1) is 6.13. The quantitative estimate of drug-likeness (QED) is 0.712. The number of hydrogen-bond acceptors (Lipinski definition) is 2. The van der Waals surface area contributed by atoms with Crippen LogP contribution in [0.25, 0.3) is 0 Å². The lowest BCUT2D eigenvalue weighted by Crippen LogP contribution is -2.40. The zero-order valence-corrected chi connectivity index (χ0v) is 8.64. The summed E-state index contributed by atoms with van der Waals surface area (Å²) < 4.78 is 0. The summed E-state index contributed by atoms with van der Waals surface area (Å²) in [5.74, 6) is 0.280. The first-order valence-electron chi connectivity index (χ1n) is 4.80. The van der Waals surface area contributed by atoms with Crippen molar-refractivity contribution in [2.75, 3.05) is 14.1 Å². The van der Waals surface area contributed by atoms with Crippen LogP contribution in [-0.4, -0.2) is 36.2 Å². The maximum atomic E-state index is 9.99. The van der Waals surface area contributed by atoms with Crippen LogP contribution in [0.4, 0.5) is 0 Å². The molecule has 74 valence electrons. The van der Waals surface area contributed by atoms with Crippen LogP contribution in [0.2, 0.25) is 0 Å². The van der Waals surface area contributed by atoms with E-state index in [0.29, 0.717) is 0 Å². The van der Waals surface area contributed by atoms with Crippen molar-refractivity contribution in [2.24, 2.45) is 5.92 Å². The highest BCUT2D eigenvalue weighted by Gasteiger charge is 2.23. The van der Waals surface area contributed by atoms with Gasteiger partial charge in [-0.2, -0.15) is 0 Å². The summed E-state index contributed by atoms with van der Waals surface area (Å²) in [4.78, 5) is 2.05. The van der Waals surface area contributed by atoms with Gasteiger partial charge in [0.05, 0.1) is 6.10 Å². The first-order valence-corrected chi connectivity index (χ1v) is 4.80. The maximum absolute atomic E-state index is 9.99. The van der Waals surface area contributed by atoms with Crippen molar-refractivity contribution >= 4 is 0 Å². The highest BCUT2D eigenvalue weighted by atomic mass is 16.3. The third kappa shape index (κ3) is 2.68. The van der Waals surface area contributed by atoms with Gasteiger partial charge in [0.25, 0.3) is 0 Å². The summed E-state index contributed by atoms with van der Waals surface area (Å²) in [5, 5.41) is 9.99. The molecule has 0 fully saturated rings. The van der Waals surface area contributed by atoms with Gasteiger partial charge in [-0.15, -0.1) is 0 Å². The molecule has 0 radical (unpaired) electrons. The molecule has 0 aliphatic heterocycles. The van der Waals surface area contributed by atoms with Crippen LogP contribution in [0, 0.1) is 5.92 Å². The minimum atomic E-state index is -0.267. The van der Waals surface area contributed by atoms with Crippen LogP contribution in [0.1, 0.15) is 13.3 Å². The Bertz CT molecular complexity index is 208. The largest absolute Gasteiger partial charge is 0.391 e. The molecule has 3 atom stereocenters. The minimum Gasteiger partial charge on any atom is -0.391 e. The van der Waals surface area contributed by atoms with E-state index in [1.165, 1.54) is 0 Å². The van der Waals surface area contributed by atoms with Crippen LogP contribution in [0.3, 0.4) is 0 Å². The van der Waals surface area contributed by atoms with E-state index in [0.717, 1.165) is 6.42 Å². The van der Waals surface area contributed by atoms with Gasteiger partial charge >= 0.3 is 0 Å². The molecule has 0 unspecified atom stereocenters. The summed E-state index contributed by atoms with van der Waals surface area (Å²) in [5.41, 5.74) is 0. The molecule has 0 saturated heterocycles. The highest BCUT2D eigenvalue weighted by Crippen LogP contribution is 2.19. The average molecular weight is 181 g/mol. The van der Waals surface area contributed by atoms with Crippen molar-refractivity contribution in [1.82, 2.24) is 4.90 Å². The number of nitrogens with zero attached hydrogens (tertiary/aromatic N) is 1. The zero-order chi connectivity index (χ0) is 9.84. The van der Waals surface area contributed by atoms with E-state index in [9.17, 15) is 5.11 Å². The normalized spacial score (nSPS) is 26.4. The lowest BCUT2D eigenvalue weighted by Gasteiger charge is -2.30. The van der Waals surface area contributed by atoms with Crippen molar-refractivity contribution in [3.05, 3.63) is 24.3 Å². The summed E-state index contributed by atoms with van der Waals surface area (Å²) in [7, 11) is 3.99. The van der Waals surface area contributed by atoms with Crippen molar-refractivity contribution in [3.63, 3.8) is 0 Å². The molecule has 0 aromatic rings. The minimum absolute atomic E-state index is 0.209. The predicted molar refractivity (Wildman–Crippen MR) is 55.5 cm³/mol. The van der Waals surface area contributed by atoms with Gasteiger partial charge in [0.15, 0.2) is 0 Å². The zero-order valence-electron chi connectivity index (χ0n) is 8.64. The van der Waals surface area contributed by atoms with Gasteiger partial charge in [0, 0.05) is 12.0 Å². The van der Waals surface area contributed by atoms with E-state index < -0.39 is 0 Å². The first kappa shape index (κ1) is 10.5. The molecule has 1 N–H and O–H groups in total. The van der Waals surface area contributed by atoms with Crippen molar-refractivity contribution in [1.29, 1.82) is 0 Å². The second-order valence-electron chi connectivity index (χ2n) is 3.91. The topological polar surface area (TPSA) is 23.5 Å². The summed E-state index contributed by atoms with van der Waals surface area (Å²) >= 11 is 0. The van der Waals surface area contributed by atoms with Crippen LogP contribution in [0.15, 0.2) is 24.3 Å². The fraction of sp³-hybridized carbons (Fsp3) is 0.636. The number of aliphatic hydroxyl groups is 1.